The maximum atomic E-state index is 5.80. The second-order valence-electron chi connectivity index (χ2n) is 5.83. The standard InChI is InChI=1S/C17H23N5/c1-13-16(18)7-8-17(19-13)20-14-3-5-15(6-4-14)22-11-9-21(2)10-12-22/h3-8H,9-12,18H2,1-2H3,(H,19,20). The smallest absolute Gasteiger partial charge is 0.130 e. The molecule has 0 aliphatic carbocycles. The summed E-state index contributed by atoms with van der Waals surface area (Å²) in [6, 6.07) is 12.3. The van der Waals surface area contributed by atoms with E-state index >= 15 is 0 Å². The van der Waals surface area contributed by atoms with Crippen molar-refractivity contribution in [2.75, 3.05) is 49.2 Å². The van der Waals surface area contributed by atoms with Crippen molar-refractivity contribution in [3.05, 3.63) is 42.1 Å². The molecule has 0 spiro atoms. The zero-order valence-electron chi connectivity index (χ0n) is 13.2. The summed E-state index contributed by atoms with van der Waals surface area (Å²) in [6.45, 7) is 6.32. The minimum Gasteiger partial charge on any atom is -0.397 e. The Morgan fingerprint density at radius 1 is 1.00 bits per heavy atom. The Morgan fingerprint density at radius 3 is 2.32 bits per heavy atom. The molecule has 0 amide bonds. The first-order valence-corrected chi connectivity index (χ1v) is 7.65. The minimum absolute atomic E-state index is 0.718. The molecular formula is C17H23N5. The van der Waals surface area contributed by atoms with Gasteiger partial charge in [0.2, 0.25) is 0 Å². The highest BCUT2D eigenvalue weighted by molar-refractivity contribution is 5.62. The fourth-order valence-electron chi connectivity index (χ4n) is 2.61. The van der Waals surface area contributed by atoms with Gasteiger partial charge in [0, 0.05) is 37.6 Å². The number of benzene rings is 1. The highest BCUT2D eigenvalue weighted by atomic mass is 15.2. The van der Waals surface area contributed by atoms with Crippen molar-refractivity contribution in [2.45, 2.75) is 6.92 Å². The number of pyridine rings is 1. The van der Waals surface area contributed by atoms with Crippen LogP contribution in [-0.4, -0.2) is 43.1 Å². The first-order valence-electron chi connectivity index (χ1n) is 7.65. The molecule has 1 aromatic heterocycles. The largest absolute Gasteiger partial charge is 0.397 e. The molecule has 1 aliphatic heterocycles. The Labute approximate surface area is 131 Å². The molecule has 5 heteroatoms. The van der Waals surface area contributed by atoms with Gasteiger partial charge in [-0.15, -0.1) is 0 Å². The molecule has 3 rings (SSSR count). The molecule has 1 saturated heterocycles. The van der Waals surface area contributed by atoms with Crippen molar-refractivity contribution in [2.24, 2.45) is 0 Å². The molecule has 2 heterocycles. The molecule has 2 aromatic rings. The van der Waals surface area contributed by atoms with Crippen LogP contribution in [0.15, 0.2) is 36.4 Å². The number of aryl methyl sites for hydroxylation is 1. The first kappa shape index (κ1) is 14.7. The van der Waals surface area contributed by atoms with E-state index in [1.165, 1.54) is 5.69 Å². The molecular weight excluding hydrogens is 274 g/mol. The highest BCUT2D eigenvalue weighted by Gasteiger charge is 2.13. The van der Waals surface area contributed by atoms with Gasteiger partial charge in [-0.3, -0.25) is 0 Å². The van der Waals surface area contributed by atoms with E-state index in [9.17, 15) is 0 Å². The monoisotopic (exact) mass is 297 g/mol. The predicted octanol–water partition coefficient (Wildman–Crippen LogP) is 2.47. The molecule has 116 valence electrons. The zero-order chi connectivity index (χ0) is 15.5. The maximum Gasteiger partial charge on any atom is 0.130 e. The van der Waals surface area contributed by atoms with Gasteiger partial charge in [-0.25, -0.2) is 4.98 Å². The van der Waals surface area contributed by atoms with Gasteiger partial charge in [0.25, 0.3) is 0 Å². The van der Waals surface area contributed by atoms with E-state index in [1.54, 1.807) is 0 Å². The van der Waals surface area contributed by atoms with Crippen molar-refractivity contribution in [3.8, 4) is 0 Å². The van der Waals surface area contributed by atoms with Gasteiger partial charge in [-0.05, 0) is 50.4 Å². The van der Waals surface area contributed by atoms with Gasteiger partial charge in [0.05, 0.1) is 11.4 Å². The Hall–Kier alpha value is -2.27. The average molecular weight is 297 g/mol. The third kappa shape index (κ3) is 3.31. The Kier molecular flexibility index (Phi) is 4.15. The minimum atomic E-state index is 0.718. The predicted molar refractivity (Wildman–Crippen MR) is 92.8 cm³/mol. The third-order valence-corrected chi connectivity index (χ3v) is 4.13. The quantitative estimate of drug-likeness (QED) is 0.911. The SMILES string of the molecule is Cc1nc(Nc2ccc(N3CCN(C)CC3)cc2)ccc1N. The summed E-state index contributed by atoms with van der Waals surface area (Å²) in [5.41, 5.74) is 9.67. The summed E-state index contributed by atoms with van der Waals surface area (Å²) in [7, 11) is 2.17. The van der Waals surface area contributed by atoms with Crippen molar-refractivity contribution in [1.82, 2.24) is 9.88 Å². The average Bonchev–Trinajstić information content (AvgIpc) is 2.53. The van der Waals surface area contributed by atoms with Gasteiger partial charge in [0.15, 0.2) is 0 Å². The van der Waals surface area contributed by atoms with E-state index in [1.807, 2.05) is 19.1 Å². The number of nitrogens with zero attached hydrogens (tertiary/aromatic N) is 3. The van der Waals surface area contributed by atoms with Crippen molar-refractivity contribution < 1.29 is 0 Å². The second-order valence-corrected chi connectivity index (χ2v) is 5.83. The summed E-state index contributed by atoms with van der Waals surface area (Å²) < 4.78 is 0. The number of likely N-dealkylation sites (N-methyl/N-ethyl adjacent to an activating group) is 1. The zero-order valence-corrected chi connectivity index (χ0v) is 13.2. The van der Waals surface area contributed by atoms with Crippen LogP contribution in [0.5, 0.6) is 0 Å². The van der Waals surface area contributed by atoms with Crippen LogP contribution in [0.4, 0.5) is 22.9 Å². The fourth-order valence-corrected chi connectivity index (χ4v) is 2.61. The summed E-state index contributed by atoms with van der Waals surface area (Å²) in [4.78, 5) is 9.23. The lowest BCUT2D eigenvalue weighted by Crippen LogP contribution is -2.44. The molecule has 3 N–H and O–H groups in total. The Morgan fingerprint density at radius 2 is 1.68 bits per heavy atom. The number of nitrogen functional groups attached to an aromatic ring is 1. The topological polar surface area (TPSA) is 57.4 Å². The van der Waals surface area contributed by atoms with Gasteiger partial charge in [-0.2, -0.15) is 0 Å². The van der Waals surface area contributed by atoms with Crippen LogP contribution in [0.25, 0.3) is 0 Å². The first-order chi connectivity index (χ1) is 10.6. The summed E-state index contributed by atoms with van der Waals surface area (Å²) in [5.74, 6) is 0.819. The molecule has 1 aromatic carbocycles. The molecule has 1 aliphatic rings. The lowest BCUT2D eigenvalue weighted by Gasteiger charge is -2.34. The van der Waals surface area contributed by atoms with E-state index in [2.05, 4.69) is 51.4 Å². The number of hydrogen-bond donors (Lipinski definition) is 2. The molecule has 22 heavy (non-hydrogen) atoms. The van der Waals surface area contributed by atoms with Crippen molar-refractivity contribution >= 4 is 22.9 Å². The molecule has 5 nitrogen and oxygen atoms in total. The van der Waals surface area contributed by atoms with Crippen molar-refractivity contribution in [1.29, 1.82) is 0 Å². The normalized spacial score (nSPS) is 15.8. The van der Waals surface area contributed by atoms with Gasteiger partial charge in [0.1, 0.15) is 5.82 Å². The third-order valence-electron chi connectivity index (χ3n) is 4.13. The molecule has 0 saturated carbocycles. The fraction of sp³-hybridized carbons (Fsp3) is 0.353. The molecule has 0 radical (unpaired) electrons. The number of aromatic nitrogens is 1. The molecule has 0 unspecified atom stereocenters. The van der Waals surface area contributed by atoms with E-state index in [0.29, 0.717) is 0 Å². The summed E-state index contributed by atoms with van der Waals surface area (Å²) >= 11 is 0. The van der Waals surface area contributed by atoms with Gasteiger partial charge < -0.3 is 20.9 Å². The van der Waals surface area contributed by atoms with E-state index in [0.717, 1.165) is 49.1 Å². The molecule has 1 fully saturated rings. The number of nitrogens with one attached hydrogen (secondary N) is 1. The summed E-state index contributed by atoms with van der Waals surface area (Å²) in [6.07, 6.45) is 0. The van der Waals surface area contributed by atoms with Gasteiger partial charge in [-0.1, -0.05) is 0 Å². The lowest BCUT2D eigenvalue weighted by molar-refractivity contribution is 0.313. The van der Waals surface area contributed by atoms with Crippen LogP contribution in [0, 0.1) is 6.92 Å². The van der Waals surface area contributed by atoms with Crippen LogP contribution >= 0.6 is 0 Å². The molecule has 0 bridgehead atoms. The number of piperazine rings is 1. The van der Waals surface area contributed by atoms with Crippen LogP contribution in [-0.2, 0) is 0 Å². The second kappa shape index (κ2) is 6.23. The number of nitrogens with two attached hydrogens (primary N) is 1. The van der Waals surface area contributed by atoms with E-state index in [-0.39, 0.29) is 0 Å². The number of rotatable bonds is 3. The number of anilines is 4. The Balaban J connectivity index is 1.67. The maximum absolute atomic E-state index is 5.80. The van der Waals surface area contributed by atoms with E-state index < -0.39 is 0 Å². The molecule has 0 atom stereocenters. The number of hydrogen-bond acceptors (Lipinski definition) is 5. The van der Waals surface area contributed by atoms with Crippen LogP contribution in [0.1, 0.15) is 5.69 Å². The van der Waals surface area contributed by atoms with E-state index in [4.69, 9.17) is 5.73 Å². The van der Waals surface area contributed by atoms with Crippen LogP contribution in [0.3, 0.4) is 0 Å². The van der Waals surface area contributed by atoms with Crippen LogP contribution < -0.4 is 16.0 Å². The Bertz CT molecular complexity index is 630. The van der Waals surface area contributed by atoms with Gasteiger partial charge >= 0.3 is 0 Å². The summed E-state index contributed by atoms with van der Waals surface area (Å²) in [5, 5.41) is 3.32. The van der Waals surface area contributed by atoms with Crippen LogP contribution in [0.2, 0.25) is 0 Å². The van der Waals surface area contributed by atoms with Crippen molar-refractivity contribution in [3.63, 3.8) is 0 Å². The lowest BCUT2D eigenvalue weighted by atomic mass is 10.2. The highest BCUT2D eigenvalue weighted by Crippen LogP contribution is 2.22.